The lowest BCUT2D eigenvalue weighted by molar-refractivity contribution is -0.132. The molecule has 8 heteroatoms. The number of thiazole rings is 1. The van der Waals surface area contributed by atoms with Crippen LogP contribution in [0.2, 0.25) is 0 Å². The van der Waals surface area contributed by atoms with Gasteiger partial charge in [0.2, 0.25) is 0 Å². The molecule has 1 fully saturated rings. The fourth-order valence-electron chi connectivity index (χ4n) is 4.95. The maximum absolute atomic E-state index is 13.5. The van der Waals surface area contributed by atoms with Crippen molar-refractivity contribution >= 4 is 39.7 Å². The number of ether oxygens (including phenoxy) is 1. The summed E-state index contributed by atoms with van der Waals surface area (Å²) >= 11 is 1.07. The molecule has 1 amide bonds. The molecule has 5 rings (SSSR count). The molecule has 0 bridgehead atoms. The van der Waals surface area contributed by atoms with Gasteiger partial charge in [-0.1, -0.05) is 49.4 Å². The Balaban J connectivity index is 1.69. The summed E-state index contributed by atoms with van der Waals surface area (Å²) in [6, 6.07) is 12.1. The molecule has 0 radical (unpaired) electrons. The number of aromatic nitrogens is 1. The van der Waals surface area contributed by atoms with E-state index in [1.165, 1.54) is 11.8 Å². The van der Waals surface area contributed by atoms with Gasteiger partial charge in [-0.3, -0.25) is 19.3 Å². The van der Waals surface area contributed by atoms with Crippen LogP contribution in [0.4, 0.5) is 5.13 Å². The van der Waals surface area contributed by atoms with E-state index in [4.69, 9.17) is 4.74 Å². The Bertz CT molecular complexity index is 1470. The average Bonchev–Trinajstić information content (AvgIpc) is 3.50. The molecule has 1 aromatic heterocycles. The second-order valence-electron chi connectivity index (χ2n) is 9.91. The minimum absolute atomic E-state index is 0.00793. The number of carbonyl (C=O) groups excluding carboxylic acids is 3. The number of aryl methyl sites for hydroxylation is 1. The van der Waals surface area contributed by atoms with Crippen molar-refractivity contribution in [2.75, 3.05) is 4.90 Å². The van der Waals surface area contributed by atoms with Crippen molar-refractivity contribution in [3.05, 3.63) is 80.9 Å². The highest BCUT2D eigenvalue weighted by atomic mass is 32.1. The summed E-state index contributed by atoms with van der Waals surface area (Å²) in [5, 5.41) is 11.7. The molecule has 0 spiro atoms. The van der Waals surface area contributed by atoms with Gasteiger partial charge >= 0.3 is 5.91 Å². The molecule has 7 nitrogen and oxygen atoms in total. The molecule has 3 heterocycles. The van der Waals surface area contributed by atoms with Gasteiger partial charge in [-0.05, 0) is 54.7 Å². The van der Waals surface area contributed by atoms with Crippen LogP contribution >= 0.6 is 11.3 Å². The van der Waals surface area contributed by atoms with Crippen LogP contribution in [0.5, 0.6) is 5.75 Å². The number of Topliss-reactive ketones (excluding diaryl/α,β-unsaturated/α-hetero) is 2. The molecule has 0 unspecified atom stereocenters. The Morgan fingerprint density at radius 3 is 2.49 bits per heavy atom. The van der Waals surface area contributed by atoms with Crippen LogP contribution in [0, 0.1) is 6.92 Å². The highest BCUT2D eigenvalue weighted by molar-refractivity contribution is 7.18. The normalized spacial score (nSPS) is 20.4. The fraction of sp³-hybridized carbons (Fsp3) is 0.310. The Kier molecular flexibility index (Phi) is 6.23. The quantitative estimate of drug-likeness (QED) is 0.201. The third-order valence-corrected chi connectivity index (χ3v) is 8.10. The Morgan fingerprint density at radius 1 is 1.16 bits per heavy atom. The number of fused-ring (bicyclic) bond motifs is 1. The van der Waals surface area contributed by atoms with Crippen molar-refractivity contribution in [2.45, 2.75) is 59.1 Å². The number of ketones is 2. The number of amides is 1. The summed E-state index contributed by atoms with van der Waals surface area (Å²) < 4.78 is 5.77. The molecule has 2 atom stereocenters. The first-order valence-electron chi connectivity index (χ1n) is 12.3. The molecule has 2 aliphatic heterocycles. The number of anilines is 1. The molecule has 37 heavy (non-hydrogen) atoms. The number of rotatable bonds is 5. The SMILES string of the molecule is CC(=O)c1sc(N2C(=O)C(=O)/C(=C(/O)c3ccc4c(c3)C[C@H](C)O4)[C@H]2c2ccc(C(C)C)cc2)nc1C. The highest BCUT2D eigenvalue weighted by Crippen LogP contribution is 2.44. The predicted octanol–water partition coefficient (Wildman–Crippen LogP) is 5.73. The maximum Gasteiger partial charge on any atom is 0.301 e. The summed E-state index contributed by atoms with van der Waals surface area (Å²) in [5.74, 6) is -0.942. The summed E-state index contributed by atoms with van der Waals surface area (Å²) in [5.41, 5.74) is 3.64. The van der Waals surface area contributed by atoms with Crippen molar-refractivity contribution in [3.63, 3.8) is 0 Å². The zero-order valence-corrected chi connectivity index (χ0v) is 22.2. The number of carbonyl (C=O) groups is 3. The van der Waals surface area contributed by atoms with E-state index in [1.807, 2.05) is 37.3 Å². The van der Waals surface area contributed by atoms with E-state index in [9.17, 15) is 19.5 Å². The molecule has 3 aromatic rings. The first-order valence-corrected chi connectivity index (χ1v) is 13.1. The van der Waals surface area contributed by atoms with E-state index in [1.54, 1.807) is 19.1 Å². The molecule has 1 N–H and O–H groups in total. The summed E-state index contributed by atoms with van der Waals surface area (Å²) in [7, 11) is 0. The van der Waals surface area contributed by atoms with E-state index in [2.05, 4.69) is 18.8 Å². The monoisotopic (exact) mass is 516 g/mol. The molecular formula is C29H28N2O5S. The van der Waals surface area contributed by atoms with Crippen LogP contribution in [0.25, 0.3) is 5.76 Å². The van der Waals surface area contributed by atoms with Gasteiger partial charge in [-0.2, -0.15) is 0 Å². The number of aliphatic hydroxyl groups is 1. The van der Waals surface area contributed by atoms with Crippen LogP contribution in [-0.4, -0.2) is 33.7 Å². The molecule has 1 saturated heterocycles. The molecule has 0 aliphatic carbocycles. The first-order chi connectivity index (χ1) is 17.6. The smallest absolute Gasteiger partial charge is 0.301 e. The standard InChI is InChI=1S/C29H28N2O5S/c1-14(2)18-6-8-19(9-7-18)24-23(25(33)20-10-11-22-21(13-20)12-15(3)36-22)26(34)28(35)31(24)29-30-16(4)27(37-29)17(5)32/h6-11,13-15,24,33H,12H2,1-5H3/b25-23+/t15-,24+/m0/s1. The highest BCUT2D eigenvalue weighted by Gasteiger charge is 2.48. The van der Waals surface area contributed by atoms with Gasteiger partial charge in [0.1, 0.15) is 17.6 Å². The number of nitrogens with zero attached hydrogens (tertiary/aromatic N) is 2. The number of aliphatic hydroxyl groups excluding tert-OH is 1. The summed E-state index contributed by atoms with van der Waals surface area (Å²) in [6.07, 6.45) is 0.720. The van der Waals surface area contributed by atoms with Crippen LogP contribution in [0.3, 0.4) is 0 Å². The van der Waals surface area contributed by atoms with Crippen LogP contribution in [0.1, 0.15) is 77.3 Å². The van der Waals surface area contributed by atoms with E-state index in [-0.39, 0.29) is 28.4 Å². The second kappa shape index (κ2) is 9.27. The van der Waals surface area contributed by atoms with Gasteiger partial charge in [0.05, 0.1) is 22.2 Å². The van der Waals surface area contributed by atoms with Gasteiger partial charge in [-0.15, -0.1) is 0 Å². The van der Waals surface area contributed by atoms with Gasteiger partial charge in [-0.25, -0.2) is 4.98 Å². The van der Waals surface area contributed by atoms with Crippen LogP contribution in [0.15, 0.2) is 48.0 Å². The van der Waals surface area contributed by atoms with E-state index < -0.39 is 17.7 Å². The predicted molar refractivity (Wildman–Crippen MR) is 142 cm³/mol. The van der Waals surface area contributed by atoms with Gasteiger partial charge in [0, 0.05) is 18.9 Å². The lowest BCUT2D eigenvalue weighted by atomic mass is 9.93. The first kappa shape index (κ1) is 24.9. The van der Waals surface area contributed by atoms with E-state index >= 15 is 0 Å². The Morgan fingerprint density at radius 2 is 1.86 bits per heavy atom. The van der Waals surface area contributed by atoms with Crippen molar-refractivity contribution in [3.8, 4) is 5.75 Å². The van der Waals surface area contributed by atoms with Gasteiger partial charge in [0.15, 0.2) is 10.9 Å². The third-order valence-electron chi connectivity index (χ3n) is 6.84. The summed E-state index contributed by atoms with van der Waals surface area (Å²) in [6.45, 7) is 9.28. The maximum atomic E-state index is 13.5. The number of hydrogen-bond donors (Lipinski definition) is 1. The Labute approximate surface area is 219 Å². The zero-order chi connectivity index (χ0) is 26.6. The van der Waals surface area contributed by atoms with Crippen LogP contribution < -0.4 is 9.64 Å². The Hall–Kier alpha value is -3.78. The molecule has 190 valence electrons. The van der Waals surface area contributed by atoms with Gasteiger partial charge < -0.3 is 9.84 Å². The van der Waals surface area contributed by atoms with E-state index in [0.29, 0.717) is 34.0 Å². The molecule has 2 aromatic carbocycles. The zero-order valence-electron chi connectivity index (χ0n) is 21.4. The minimum atomic E-state index is -0.894. The molecule has 0 saturated carbocycles. The van der Waals surface area contributed by atoms with Crippen molar-refractivity contribution in [2.24, 2.45) is 0 Å². The number of hydrogen-bond acceptors (Lipinski definition) is 7. The topological polar surface area (TPSA) is 96.8 Å². The van der Waals surface area contributed by atoms with Crippen molar-refractivity contribution in [1.82, 2.24) is 4.98 Å². The van der Waals surface area contributed by atoms with Crippen LogP contribution in [-0.2, 0) is 16.0 Å². The minimum Gasteiger partial charge on any atom is -0.507 e. The molecular weight excluding hydrogens is 488 g/mol. The van der Waals surface area contributed by atoms with Gasteiger partial charge in [0.25, 0.3) is 5.78 Å². The largest absolute Gasteiger partial charge is 0.507 e. The fourth-order valence-corrected chi connectivity index (χ4v) is 5.93. The van der Waals surface area contributed by atoms with Crippen molar-refractivity contribution in [1.29, 1.82) is 0 Å². The second-order valence-corrected chi connectivity index (χ2v) is 10.9. The van der Waals surface area contributed by atoms with Crippen molar-refractivity contribution < 1.29 is 24.2 Å². The average molecular weight is 517 g/mol. The third kappa shape index (κ3) is 4.25. The van der Waals surface area contributed by atoms with E-state index in [0.717, 1.165) is 28.2 Å². The summed E-state index contributed by atoms with van der Waals surface area (Å²) in [4.78, 5) is 45.2. The number of benzene rings is 2. The molecule has 2 aliphatic rings. The lowest BCUT2D eigenvalue weighted by Gasteiger charge is -2.23. The lowest BCUT2D eigenvalue weighted by Crippen LogP contribution is -2.29.